The van der Waals surface area contributed by atoms with E-state index < -0.39 is 12.1 Å². The zero-order valence-corrected chi connectivity index (χ0v) is 16.5. The maximum absolute atomic E-state index is 6.53. The van der Waals surface area contributed by atoms with Gasteiger partial charge in [0.2, 0.25) is 0 Å². The van der Waals surface area contributed by atoms with Crippen LogP contribution in [0.5, 0.6) is 0 Å². The molecular weight excluding hydrogens is 400 g/mol. The Labute approximate surface area is 161 Å². The summed E-state index contributed by atoms with van der Waals surface area (Å²) in [7, 11) is 0. The molecular formula is C20H23BrO5. The number of ether oxygens (including phenoxy) is 5. The summed E-state index contributed by atoms with van der Waals surface area (Å²) in [5.41, 5.74) is 2.32. The lowest BCUT2D eigenvalue weighted by Gasteiger charge is -2.46. The van der Waals surface area contributed by atoms with Gasteiger partial charge in [0.05, 0.1) is 18.8 Å². The van der Waals surface area contributed by atoms with Crippen molar-refractivity contribution in [1.82, 2.24) is 0 Å². The summed E-state index contributed by atoms with van der Waals surface area (Å²) in [6, 6.07) is 8.28. The zero-order valence-electron chi connectivity index (χ0n) is 14.9. The Bertz CT molecular complexity index is 717. The first-order valence-corrected chi connectivity index (χ1v) is 9.92. The third kappa shape index (κ3) is 2.79. The number of fused-ring (bicyclic) bond motifs is 5. The molecule has 5 rings (SSSR count). The van der Waals surface area contributed by atoms with Gasteiger partial charge in [-0.15, -0.1) is 0 Å². The molecule has 1 aromatic rings. The standard InChI is InChI=1S/C20H23BrO5/c1-10-8-14(11-4-6-12(21)7-5-11)23-15-13(10)9-22-16-17(15)24-19-18(16)25-20(2,3)26-19/h4-7,13-19H,1,8-9H2,2-3H3/t13-,14+,15-,16-,17+,18+,19+/m0/s1. The molecule has 0 saturated carbocycles. The molecule has 0 bridgehead atoms. The van der Waals surface area contributed by atoms with E-state index in [0.717, 1.165) is 22.0 Å². The SMILES string of the molecule is C=C1C[C@H](c2ccc(Br)cc2)O[C@@H]2[C@H]3O[C@@H]4OC(C)(C)O[C@@H]4[C@H]3OC[C@@H]12. The van der Waals surface area contributed by atoms with Gasteiger partial charge in [0, 0.05) is 10.4 Å². The third-order valence-corrected chi connectivity index (χ3v) is 6.28. The van der Waals surface area contributed by atoms with Crippen molar-refractivity contribution in [2.45, 2.75) is 62.9 Å². The van der Waals surface area contributed by atoms with E-state index >= 15 is 0 Å². The van der Waals surface area contributed by atoms with Gasteiger partial charge in [-0.25, -0.2) is 0 Å². The van der Waals surface area contributed by atoms with Crippen molar-refractivity contribution in [3.8, 4) is 0 Å². The van der Waals surface area contributed by atoms with Crippen LogP contribution in [0.15, 0.2) is 40.9 Å². The Kier molecular flexibility index (Phi) is 4.09. The number of halogens is 1. The predicted molar refractivity (Wildman–Crippen MR) is 97.4 cm³/mol. The smallest absolute Gasteiger partial charge is 0.190 e. The van der Waals surface area contributed by atoms with Crippen LogP contribution in [0.4, 0.5) is 0 Å². The molecule has 6 heteroatoms. The molecule has 140 valence electrons. The van der Waals surface area contributed by atoms with Gasteiger partial charge in [-0.05, 0) is 38.0 Å². The van der Waals surface area contributed by atoms with Crippen LogP contribution in [0, 0.1) is 5.92 Å². The van der Waals surface area contributed by atoms with Crippen molar-refractivity contribution in [3.05, 3.63) is 46.5 Å². The fraction of sp³-hybridized carbons (Fsp3) is 0.600. The van der Waals surface area contributed by atoms with E-state index in [9.17, 15) is 0 Å². The second-order valence-electron chi connectivity index (χ2n) is 7.98. The van der Waals surface area contributed by atoms with E-state index in [2.05, 4.69) is 34.6 Å². The van der Waals surface area contributed by atoms with Crippen LogP contribution in [0.25, 0.3) is 0 Å². The highest BCUT2D eigenvalue weighted by Crippen LogP contribution is 2.48. The molecule has 0 N–H and O–H groups in total. The average molecular weight is 423 g/mol. The molecule has 0 aliphatic carbocycles. The lowest BCUT2D eigenvalue weighted by Crippen LogP contribution is -2.55. The second-order valence-corrected chi connectivity index (χ2v) is 8.89. The molecule has 5 nitrogen and oxygen atoms in total. The Hall–Kier alpha value is -0.760. The molecule has 4 saturated heterocycles. The number of hydrogen-bond acceptors (Lipinski definition) is 5. The molecule has 26 heavy (non-hydrogen) atoms. The first kappa shape index (κ1) is 17.3. The fourth-order valence-electron chi connectivity index (χ4n) is 4.52. The molecule has 4 heterocycles. The Balaban J connectivity index is 1.39. The summed E-state index contributed by atoms with van der Waals surface area (Å²) in [5.74, 6) is -0.493. The third-order valence-electron chi connectivity index (χ3n) is 5.75. The summed E-state index contributed by atoms with van der Waals surface area (Å²) in [6.07, 6.45) is -0.280. The minimum absolute atomic E-state index is 0.0158. The van der Waals surface area contributed by atoms with Gasteiger partial charge in [0.25, 0.3) is 0 Å². The van der Waals surface area contributed by atoms with Crippen LogP contribution in [0.1, 0.15) is 31.9 Å². The van der Waals surface area contributed by atoms with Crippen molar-refractivity contribution < 1.29 is 23.7 Å². The van der Waals surface area contributed by atoms with Crippen molar-refractivity contribution in [2.24, 2.45) is 5.92 Å². The Morgan fingerprint density at radius 2 is 1.77 bits per heavy atom. The molecule has 0 amide bonds. The number of benzene rings is 1. The topological polar surface area (TPSA) is 46.2 Å². The highest BCUT2D eigenvalue weighted by Gasteiger charge is 2.61. The largest absolute Gasteiger partial charge is 0.372 e. The summed E-state index contributed by atoms with van der Waals surface area (Å²) in [4.78, 5) is 0. The van der Waals surface area contributed by atoms with Crippen LogP contribution >= 0.6 is 15.9 Å². The van der Waals surface area contributed by atoms with Gasteiger partial charge < -0.3 is 23.7 Å². The van der Waals surface area contributed by atoms with E-state index in [1.165, 1.54) is 0 Å². The van der Waals surface area contributed by atoms with Crippen LogP contribution in [0.2, 0.25) is 0 Å². The van der Waals surface area contributed by atoms with Gasteiger partial charge in [0.15, 0.2) is 12.1 Å². The molecule has 7 atom stereocenters. The maximum Gasteiger partial charge on any atom is 0.190 e. The summed E-state index contributed by atoms with van der Waals surface area (Å²) < 4.78 is 31.8. The van der Waals surface area contributed by atoms with Gasteiger partial charge in [0.1, 0.15) is 18.3 Å². The van der Waals surface area contributed by atoms with E-state index in [-0.39, 0.29) is 36.4 Å². The van der Waals surface area contributed by atoms with Gasteiger partial charge in [-0.1, -0.05) is 40.2 Å². The van der Waals surface area contributed by atoms with Gasteiger partial charge in [-0.3, -0.25) is 0 Å². The average Bonchev–Trinajstić information content (AvgIpc) is 3.07. The molecule has 0 unspecified atom stereocenters. The van der Waals surface area contributed by atoms with Crippen molar-refractivity contribution >= 4 is 15.9 Å². The van der Waals surface area contributed by atoms with Gasteiger partial charge >= 0.3 is 0 Å². The minimum atomic E-state index is -0.641. The first-order valence-electron chi connectivity index (χ1n) is 9.12. The minimum Gasteiger partial charge on any atom is -0.372 e. The van der Waals surface area contributed by atoms with E-state index in [1.54, 1.807) is 0 Å². The summed E-state index contributed by atoms with van der Waals surface area (Å²) >= 11 is 3.49. The van der Waals surface area contributed by atoms with Crippen LogP contribution < -0.4 is 0 Å². The van der Waals surface area contributed by atoms with Crippen molar-refractivity contribution in [2.75, 3.05) is 6.61 Å². The fourth-order valence-corrected chi connectivity index (χ4v) is 4.78. The molecule has 1 aromatic carbocycles. The highest BCUT2D eigenvalue weighted by atomic mass is 79.9. The maximum atomic E-state index is 6.53. The normalized spacial score (nSPS) is 43.7. The van der Waals surface area contributed by atoms with E-state index in [4.69, 9.17) is 23.7 Å². The quantitative estimate of drug-likeness (QED) is 0.645. The number of hydrogen-bond donors (Lipinski definition) is 0. The van der Waals surface area contributed by atoms with Crippen LogP contribution in [-0.4, -0.2) is 43.1 Å². The molecule has 4 aliphatic rings. The Morgan fingerprint density at radius 1 is 1.00 bits per heavy atom. The van der Waals surface area contributed by atoms with E-state index in [1.807, 2.05) is 26.0 Å². The molecule has 4 aliphatic heterocycles. The summed E-state index contributed by atoms with van der Waals surface area (Å²) in [5, 5.41) is 0. The predicted octanol–water partition coefficient (Wildman–Crippen LogP) is 3.73. The van der Waals surface area contributed by atoms with Crippen LogP contribution in [-0.2, 0) is 23.7 Å². The van der Waals surface area contributed by atoms with Crippen molar-refractivity contribution in [1.29, 1.82) is 0 Å². The number of rotatable bonds is 1. The first-order chi connectivity index (χ1) is 12.4. The summed E-state index contributed by atoms with van der Waals surface area (Å²) in [6.45, 7) is 8.71. The lowest BCUT2D eigenvalue weighted by molar-refractivity contribution is -0.260. The lowest BCUT2D eigenvalue weighted by atomic mass is 9.81. The Morgan fingerprint density at radius 3 is 2.54 bits per heavy atom. The molecule has 0 spiro atoms. The van der Waals surface area contributed by atoms with Crippen molar-refractivity contribution in [3.63, 3.8) is 0 Å². The monoisotopic (exact) mass is 422 g/mol. The molecule has 0 aromatic heterocycles. The van der Waals surface area contributed by atoms with Crippen LogP contribution in [0.3, 0.4) is 0 Å². The zero-order chi connectivity index (χ0) is 18.1. The van der Waals surface area contributed by atoms with Gasteiger partial charge in [-0.2, -0.15) is 0 Å². The molecule has 4 fully saturated rings. The second kappa shape index (κ2) is 6.12. The van der Waals surface area contributed by atoms with E-state index in [0.29, 0.717) is 6.61 Å². The molecule has 0 radical (unpaired) electrons. The highest BCUT2D eigenvalue weighted by molar-refractivity contribution is 9.10.